The fraction of sp³-hybridized carbons (Fsp3) is 0.0952. The van der Waals surface area contributed by atoms with E-state index in [1.807, 2.05) is 6.07 Å². The molecule has 1 aliphatic heterocycles. The minimum absolute atomic E-state index is 0.107. The maximum Gasteiger partial charge on any atom is 0.231 e. The molecule has 1 aliphatic rings. The number of ether oxygens (including phenoxy) is 2. The van der Waals surface area contributed by atoms with Crippen molar-refractivity contribution in [3.8, 4) is 34.3 Å². The van der Waals surface area contributed by atoms with E-state index in [0.29, 0.717) is 28.6 Å². The third-order valence-corrected chi connectivity index (χ3v) is 5.92. The van der Waals surface area contributed by atoms with Crippen LogP contribution in [0.15, 0.2) is 76.7 Å². The second kappa shape index (κ2) is 7.10. The van der Waals surface area contributed by atoms with E-state index in [9.17, 15) is 13.2 Å². The standard InChI is InChI=1S/C21H16N4O5S/c1-31(27,28)15-5-2-4-14(12-15)24-11-9-18(26)20(23-24)16-8-10-22-25(16)17-6-3-7-19-21(17)30-13-29-19/h2-12H,13H2,1H3. The SMILES string of the molecule is CS(=O)(=O)c1cccc(-n2ccc(=O)c(-c3ccnn3-c3cccc4c3OCO4)n2)c1. The van der Waals surface area contributed by atoms with Crippen molar-refractivity contribution in [1.29, 1.82) is 0 Å². The molecule has 10 heteroatoms. The van der Waals surface area contributed by atoms with E-state index in [2.05, 4.69) is 10.2 Å². The molecule has 0 unspecified atom stereocenters. The second-order valence-electron chi connectivity index (χ2n) is 6.88. The Kier molecular flexibility index (Phi) is 4.36. The molecule has 3 heterocycles. The topological polar surface area (TPSA) is 105 Å². The van der Waals surface area contributed by atoms with Gasteiger partial charge in [0.25, 0.3) is 0 Å². The summed E-state index contributed by atoms with van der Waals surface area (Å²) < 4.78 is 37.8. The molecule has 2 aromatic carbocycles. The normalized spacial score (nSPS) is 12.8. The third kappa shape index (κ3) is 3.36. The number of aromatic nitrogens is 4. The summed E-state index contributed by atoms with van der Waals surface area (Å²) in [5.74, 6) is 1.12. The molecule has 0 radical (unpaired) electrons. The van der Waals surface area contributed by atoms with Gasteiger partial charge in [-0.2, -0.15) is 10.2 Å². The van der Waals surface area contributed by atoms with Crippen LogP contribution in [-0.4, -0.2) is 41.0 Å². The van der Waals surface area contributed by atoms with E-state index < -0.39 is 9.84 Å². The zero-order chi connectivity index (χ0) is 21.6. The molecule has 0 bridgehead atoms. The first-order valence-electron chi connectivity index (χ1n) is 9.26. The predicted molar refractivity (Wildman–Crippen MR) is 112 cm³/mol. The molecule has 0 atom stereocenters. The van der Waals surface area contributed by atoms with E-state index in [0.717, 1.165) is 6.26 Å². The zero-order valence-electron chi connectivity index (χ0n) is 16.3. The minimum atomic E-state index is -3.39. The Morgan fingerprint density at radius 1 is 1.03 bits per heavy atom. The van der Waals surface area contributed by atoms with Crippen LogP contribution in [0.5, 0.6) is 11.5 Å². The van der Waals surface area contributed by atoms with Crippen LogP contribution in [0.25, 0.3) is 22.8 Å². The number of fused-ring (bicyclic) bond motifs is 1. The van der Waals surface area contributed by atoms with Gasteiger partial charge >= 0.3 is 0 Å². The molecular weight excluding hydrogens is 420 g/mol. The van der Waals surface area contributed by atoms with Gasteiger partial charge in [0.05, 0.1) is 22.5 Å². The summed E-state index contributed by atoms with van der Waals surface area (Å²) >= 11 is 0. The summed E-state index contributed by atoms with van der Waals surface area (Å²) in [5, 5.41) is 8.81. The molecule has 0 N–H and O–H groups in total. The van der Waals surface area contributed by atoms with Crippen LogP contribution in [0.4, 0.5) is 0 Å². The lowest BCUT2D eigenvalue weighted by molar-refractivity contribution is 0.173. The Bertz CT molecular complexity index is 1470. The second-order valence-corrected chi connectivity index (χ2v) is 8.90. The van der Waals surface area contributed by atoms with Crippen LogP contribution in [0.1, 0.15) is 0 Å². The maximum absolute atomic E-state index is 12.7. The van der Waals surface area contributed by atoms with E-state index in [1.165, 1.54) is 29.1 Å². The predicted octanol–water partition coefficient (Wildman–Crippen LogP) is 2.22. The third-order valence-electron chi connectivity index (χ3n) is 4.81. The van der Waals surface area contributed by atoms with Crippen LogP contribution in [0.3, 0.4) is 0 Å². The highest BCUT2D eigenvalue weighted by molar-refractivity contribution is 7.90. The average molecular weight is 436 g/mol. The summed E-state index contributed by atoms with van der Waals surface area (Å²) in [6, 6.07) is 14.8. The van der Waals surface area contributed by atoms with Gasteiger partial charge in [0.1, 0.15) is 5.69 Å². The number of nitrogens with zero attached hydrogens (tertiary/aromatic N) is 4. The fourth-order valence-corrected chi connectivity index (χ4v) is 4.00. The van der Waals surface area contributed by atoms with Crippen molar-refractivity contribution in [3.63, 3.8) is 0 Å². The summed E-state index contributed by atoms with van der Waals surface area (Å²) in [7, 11) is -3.39. The molecule has 0 saturated carbocycles. The molecule has 0 amide bonds. The van der Waals surface area contributed by atoms with Crippen LogP contribution >= 0.6 is 0 Å². The molecule has 0 fully saturated rings. The number of rotatable bonds is 4. The van der Waals surface area contributed by atoms with Gasteiger partial charge in [-0.25, -0.2) is 17.8 Å². The van der Waals surface area contributed by atoms with Gasteiger partial charge in [0.15, 0.2) is 27.0 Å². The number of hydrogen-bond donors (Lipinski definition) is 0. The minimum Gasteiger partial charge on any atom is -0.454 e. The largest absolute Gasteiger partial charge is 0.454 e. The Morgan fingerprint density at radius 3 is 2.71 bits per heavy atom. The van der Waals surface area contributed by atoms with E-state index in [-0.39, 0.29) is 22.8 Å². The van der Waals surface area contributed by atoms with Crippen molar-refractivity contribution in [2.75, 3.05) is 13.0 Å². The van der Waals surface area contributed by atoms with Crippen LogP contribution in [-0.2, 0) is 9.84 Å². The lowest BCUT2D eigenvalue weighted by atomic mass is 10.2. The number of hydrogen-bond acceptors (Lipinski definition) is 7. The highest BCUT2D eigenvalue weighted by atomic mass is 32.2. The molecule has 0 saturated heterocycles. The van der Waals surface area contributed by atoms with Gasteiger partial charge in [-0.1, -0.05) is 12.1 Å². The lowest BCUT2D eigenvalue weighted by Gasteiger charge is -2.11. The van der Waals surface area contributed by atoms with E-state index in [4.69, 9.17) is 9.47 Å². The van der Waals surface area contributed by atoms with Crippen LogP contribution in [0, 0.1) is 0 Å². The molecule has 0 spiro atoms. The van der Waals surface area contributed by atoms with Gasteiger partial charge in [0, 0.05) is 18.5 Å². The number of para-hydroxylation sites is 1. The van der Waals surface area contributed by atoms with E-state index in [1.54, 1.807) is 41.2 Å². The molecular formula is C21H16N4O5S. The quantitative estimate of drug-likeness (QED) is 0.483. The summed E-state index contributed by atoms with van der Waals surface area (Å²) in [6.07, 6.45) is 4.19. The van der Waals surface area contributed by atoms with Gasteiger partial charge in [-0.3, -0.25) is 4.79 Å². The molecule has 2 aromatic heterocycles. The van der Waals surface area contributed by atoms with Crippen molar-refractivity contribution in [2.45, 2.75) is 4.90 Å². The first-order valence-corrected chi connectivity index (χ1v) is 11.1. The fourth-order valence-electron chi connectivity index (χ4n) is 3.34. The van der Waals surface area contributed by atoms with Gasteiger partial charge < -0.3 is 9.47 Å². The molecule has 31 heavy (non-hydrogen) atoms. The summed E-state index contributed by atoms with van der Waals surface area (Å²) in [5.41, 5.74) is 1.43. The smallest absolute Gasteiger partial charge is 0.231 e. The average Bonchev–Trinajstić information content (AvgIpc) is 3.43. The Hall–Kier alpha value is -3.92. The monoisotopic (exact) mass is 436 g/mol. The highest BCUT2D eigenvalue weighted by Gasteiger charge is 2.22. The zero-order valence-corrected chi connectivity index (χ0v) is 17.1. The Morgan fingerprint density at radius 2 is 1.87 bits per heavy atom. The Labute approximate surface area is 177 Å². The van der Waals surface area contributed by atoms with Crippen LogP contribution < -0.4 is 14.9 Å². The van der Waals surface area contributed by atoms with Crippen molar-refractivity contribution in [2.24, 2.45) is 0 Å². The molecule has 0 aliphatic carbocycles. The molecule has 5 rings (SSSR count). The first kappa shape index (κ1) is 19.1. The highest BCUT2D eigenvalue weighted by Crippen LogP contribution is 2.38. The summed E-state index contributed by atoms with van der Waals surface area (Å²) in [6.45, 7) is 0.107. The molecule has 4 aromatic rings. The first-order chi connectivity index (χ1) is 14.9. The summed E-state index contributed by atoms with van der Waals surface area (Å²) in [4.78, 5) is 12.8. The van der Waals surface area contributed by atoms with Crippen molar-refractivity contribution >= 4 is 9.84 Å². The van der Waals surface area contributed by atoms with Crippen molar-refractivity contribution in [3.05, 3.63) is 77.2 Å². The Balaban J connectivity index is 1.64. The number of benzene rings is 2. The lowest BCUT2D eigenvalue weighted by Crippen LogP contribution is -2.15. The van der Waals surface area contributed by atoms with Crippen LogP contribution in [0.2, 0.25) is 0 Å². The van der Waals surface area contributed by atoms with Gasteiger partial charge in [-0.05, 0) is 36.4 Å². The number of sulfone groups is 1. The van der Waals surface area contributed by atoms with Crippen molar-refractivity contribution < 1.29 is 17.9 Å². The molecule has 9 nitrogen and oxygen atoms in total. The molecule has 156 valence electrons. The van der Waals surface area contributed by atoms with Gasteiger partial charge in [-0.15, -0.1) is 0 Å². The van der Waals surface area contributed by atoms with Crippen molar-refractivity contribution in [1.82, 2.24) is 19.6 Å². The van der Waals surface area contributed by atoms with Gasteiger partial charge in [0.2, 0.25) is 12.2 Å². The maximum atomic E-state index is 12.7. The van der Waals surface area contributed by atoms with E-state index >= 15 is 0 Å².